The molecule has 0 fully saturated rings. The van der Waals surface area contributed by atoms with Crippen LogP contribution >= 0.6 is 11.6 Å². The average Bonchev–Trinajstić information content (AvgIpc) is 3.19. The standard InChI is InChI=1S/C20H17ClN2O5S/c1-14-4-10-18(11-5-14)29(26,27)22-20(15-6-8-16(21)9-7-15)19(23(24)25)13-17-3-2-12-28-17/h2-13,20,22H,1H3/b19-13-/t20-/m0/s1. The van der Waals surface area contributed by atoms with Crippen LogP contribution in [-0.2, 0) is 10.0 Å². The summed E-state index contributed by atoms with van der Waals surface area (Å²) in [5.41, 5.74) is 0.861. The third kappa shape index (κ3) is 5.11. The molecule has 0 aliphatic heterocycles. The zero-order valence-corrected chi connectivity index (χ0v) is 16.9. The van der Waals surface area contributed by atoms with E-state index in [0.29, 0.717) is 10.6 Å². The van der Waals surface area contributed by atoms with Crippen molar-refractivity contribution in [1.82, 2.24) is 4.72 Å². The summed E-state index contributed by atoms with van der Waals surface area (Å²) in [6, 6.07) is 14.2. The molecule has 0 aliphatic carbocycles. The molecule has 9 heteroatoms. The molecule has 0 saturated heterocycles. The van der Waals surface area contributed by atoms with E-state index < -0.39 is 26.7 Å². The van der Waals surface area contributed by atoms with Crippen molar-refractivity contribution in [3.05, 3.63) is 105 Å². The fourth-order valence-corrected chi connectivity index (χ4v) is 3.98. The Kier molecular flexibility index (Phi) is 6.17. The van der Waals surface area contributed by atoms with Gasteiger partial charge < -0.3 is 4.42 Å². The second-order valence-electron chi connectivity index (χ2n) is 6.26. The van der Waals surface area contributed by atoms with Crippen LogP contribution in [0.15, 0.2) is 81.9 Å². The number of nitrogens with one attached hydrogen (secondary N) is 1. The average molecular weight is 433 g/mol. The molecule has 0 aliphatic rings. The molecule has 150 valence electrons. The van der Waals surface area contributed by atoms with Gasteiger partial charge in [-0.3, -0.25) is 10.1 Å². The van der Waals surface area contributed by atoms with Crippen molar-refractivity contribution >= 4 is 27.7 Å². The maximum atomic E-state index is 12.9. The Morgan fingerprint density at radius 3 is 2.34 bits per heavy atom. The highest BCUT2D eigenvalue weighted by molar-refractivity contribution is 7.89. The molecule has 0 radical (unpaired) electrons. The molecule has 7 nitrogen and oxygen atoms in total. The molecule has 3 aromatic rings. The summed E-state index contributed by atoms with van der Waals surface area (Å²) >= 11 is 5.92. The topological polar surface area (TPSA) is 102 Å². The summed E-state index contributed by atoms with van der Waals surface area (Å²) in [5.74, 6) is 0.227. The number of halogens is 1. The molecule has 0 unspecified atom stereocenters. The Morgan fingerprint density at radius 1 is 1.14 bits per heavy atom. The quantitative estimate of drug-likeness (QED) is 0.435. The number of sulfonamides is 1. The number of hydrogen-bond donors (Lipinski definition) is 1. The lowest BCUT2D eigenvalue weighted by atomic mass is 10.0. The highest BCUT2D eigenvalue weighted by atomic mass is 35.5. The zero-order valence-electron chi connectivity index (χ0n) is 15.3. The summed E-state index contributed by atoms with van der Waals surface area (Å²) in [5, 5.41) is 12.2. The molecule has 1 atom stereocenters. The second-order valence-corrected chi connectivity index (χ2v) is 8.41. The lowest BCUT2D eigenvalue weighted by Crippen LogP contribution is -2.32. The van der Waals surface area contributed by atoms with Gasteiger partial charge in [0.1, 0.15) is 11.8 Å². The van der Waals surface area contributed by atoms with E-state index in [2.05, 4.69) is 4.72 Å². The Morgan fingerprint density at radius 2 is 1.79 bits per heavy atom. The first-order chi connectivity index (χ1) is 13.8. The van der Waals surface area contributed by atoms with Gasteiger partial charge in [-0.25, -0.2) is 8.42 Å². The number of nitro groups is 1. The van der Waals surface area contributed by atoms with Crippen LogP contribution in [0.3, 0.4) is 0 Å². The lowest BCUT2D eigenvalue weighted by Gasteiger charge is -2.17. The Bertz CT molecular complexity index is 1120. The number of rotatable bonds is 7. The van der Waals surface area contributed by atoms with Gasteiger partial charge in [-0.2, -0.15) is 4.72 Å². The predicted molar refractivity (Wildman–Crippen MR) is 109 cm³/mol. The van der Waals surface area contributed by atoms with Gasteiger partial charge in [-0.1, -0.05) is 41.4 Å². The first kappa shape index (κ1) is 20.8. The van der Waals surface area contributed by atoms with Crippen LogP contribution in [0.2, 0.25) is 5.02 Å². The van der Waals surface area contributed by atoms with Crippen molar-refractivity contribution in [2.75, 3.05) is 0 Å². The van der Waals surface area contributed by atoms with E-state index in [0.717, 1.165) is 5.56 Å². The largest absolute Gasteiger partial charge is 0.465 e. The minimum atomic E-state index is -4.05. The van der Waals surface area contributed by atoms with Crippen LogP contribution in [0.5, 0.6) is 0 Å². The third-order valence-electron chi connectivity index (χ3n) is 4.15. The van der Waals surface area contributed by atoms with Crippen LogP contribution in [0.1, 0.15) is 22.9 Å². The van der Waals surface area contributed by atoms with E-state index in [-0.39, 0.29) is 10.7 Å². The van der Waals surface area contributed by atoms with Crippen molar-refractivity contribution in [3.63, 3.8) is 0 Å². The van der Waals surface area contributed by atoms with E-state index in [1.165, 1.54) is 54.8 Å². The van der Waals surface area contributed by atoms with Crippen LogP contribution in [-0.4, -0.2) is 13.3 Å². The van der Waals surface area contributed by atoms with Crippen molar-refractivity contribution in [2.45, 2.75) is 17.9 Å². The highest BCUT2D eigenvalue weighted by Crippen LogP contribution is 2.28. The van der Waals surface area contributed by atoms with Gasteiger partial charge in [0.05, 0.1) is 22.2 Å². The van der Waals surface area contributed by atoms with Crippen molar-refractivity contribution in [2.24, 2.45) is 0 Å². The predicted octanol–water partition coefficient (Wildman–Crippen LogP) is 4.58. The van der Waals surface area contributed by atoms with Gasteiger partial charge in [0.15, 0.2) is 0 Å². The maximum Gasteiger partial charge on any atom is 0.272 e. The van der Waals surface area contributed by atoms with Crippen molar-refractivity contribution in [3.8, 4) is 0 Å². The van der Waals surface area contributed by atoms with Crippen molar-refractivity contribution < 1.29 is 17.8 Å². The summed E-state index contributed by atoms with van der Waals surface area (Å²) in [6.07, 6.45) is 2.56. The number of hydrogen-bond acceptors (Lipinski definition) is 5. The van der Waals surface area contributed by atoms with Gasteiger partial charge in [0.2, 0.25) is 10.0 Å². The Labute approximate surface area is 172 Å². The first-order valence-corrected chi connectivity index (χ1v) is 10.4. The summed E-state index contributed by atoms with van der Waals surface area (Å²) in [6.45, 7) is 1.83. The molecule has 0 amide bonds. The number of aryl methyl sites for hydroxylation is 1. The van der Waals surface area contributed by atoms with Gasteiger partial charge >= 0.3 is 0 Å². The number of benzene rings is 2. The summed E-state index contributed by atoms with van der Waals surface area (Å²) in [7, 11) is -4.05. The van der Waals surface area contributed by atoms with E-state index in [9.17, 15) is 18.5 Å². The van der Waals surface area contributed by atoms with E-state index in [1.54, 1.807) is 18.2 Å². The fourth-order valence-electron chi connectivity index (χ4n) is 2.66. The smallest absolute Gasteiger partial charge is 0.272 e. The van der Waals surface area contributed by atoms with E-state index in [1.807, 2.05) is 6.92 Å². The zero-order chi connectivity index (χ0) is 21.0. The first-order valence-electron chi connectivity index (χ1n) is 8.50. The van der Waals surface area contributed by atoms with E-state index >= 15 is 0 Å². The molecule has 1 aromatic heterocycles. The minimum absolute atomic E-state index is 0.00256. The van der Waals surface area contributed by atoms with Gasteiger partial charge in [-0.15, -0.1) is 0 Å². The lowest BCUT2D eigenvalue weighted by molar-refractivity contribution is -0.429. The molecule has 3 rings (SSSR count). The fraction of sp³-hybridized carbons (Fsp3) is 0.100. The molecule has 1 N–H and O–H groups in total. The normalized spacial score (nSPS) is 13.2. The Hall–Kier alpha value is -2.94. The molecule has 29 heavy (non-hydrogen) atoms. The minimum Gasteiger partial charge on any atom is -0.465 e. The Balaban J connectivity index is 2.08. The SMILES string of the molecule is Cc1ccc(S(=O)(=O)N[C@H](/C(=C/c2ccco2)[N+](=O)[O-])c2ccc(Cl)cc2)cc1. The molecule has 0 spiro atoms. The summed E-state index contributed by atoms with van der Waals surface area (Å²) in [4.78, 5) is 11.2. The third-order valence-corrected chi connectivity index (χ3v) is 5.84. The van der Waals surface area contributed by atoms with Crippen LogP contribution in [0.25, 0.3) is 6.08 Å². The highest BCUT2D eigenvalue weighted by Gasteiger charge is 2.32. The molecular weight excluding hydrogens is 416 g/mol. The maximum absolute atomic E-state index is 12.9. The molecule has 2 aromatic carbocycles. The van der Waals surface area contributed by atoms with Gasteiger partial charge in [-0.05, 0) is 48.9 Å². The van der Waals surface area contributed by atoms with Crippen LogP contribution in [0, 0.1) is 17.0 Å². The monoisotopic (exact) mass is 432 g/mol. The second kappa shape index (κ2) is 8.60. The van der Waals surface area contributed by atoms with Crippen LogP contribution < -0.4 is 4.72 Å². The van der Waals surface area contributed by atoms with Gasteiger partial charge in [0.25, 0.3) is 5.70 Å². The summed E-state index contributed by atoms with van der Waals surface area (Å²) < 4.78 is 33.4. The van der Waals surface area contributed by atoms with E-state index in [4.69, 9.17) is 16.0 Å². The molecular formula is C20H17ClN2O5S. The van der Waals surface area contributed by atoms with Crippen molar-refractivity contribution in [1.29, 1.82) is 0 Å². The molecule has 0 bridgehead atoms. The molecule has 1 heterocycles. The number of nitrogens with zero attached hydrogens (tertiary/aromatic N) is 1. The molecule has 0 saturated carbocycles. The van der Waals surface area contributed by atoms with Gasteiger partial charge in [0, 0.05) is 5.02 Å². The van der Waals surface area contributed by atoms with Crippen LogP contribution in [0.4, 0.5) is 0 Å². The number of furan rings is 1.